The molecule has 6 nitrogen and oxygen atoms in total. The zero-order chi connectivity index (χ0) is 19.1. The van der Waals surface area contributed by atoms with Crippen molar-refractivity contribution in [1.29, 1.82) is 0 Å². The van der Waals surface area contributed by atoms with Crippen LogP contribution in [0.5, 0.6) is 5.75 Å². The molecule has 0 aliphatic heterocycles. The molecule has 0 atom stereocenters. The molecule has 0 saturated heterocycles. The van der Waals surface area contributed by atoms with Gasteiger partial charge in [0.05, 0.1) is 11.4 Å². The summed E-state index contributed by atoms with van der Waals surface area (Å²) in [6, 6.07) is 12.5. The van der Waals surface area contributed by atoms with Gasteiger partial charge in [0.2, 0.25) is 0 Å². The molecule has 2 aromatic rings. The number of aliphatic hydroxyl groups excluding tert-OH is 1. The first kappa shape index (κ1) is 18.8. The van der Waals surface area contributed by atoms with E-state index in [4.69, 9.17) is 0 Å². The average molecular weight is 352 g/mol. The van der Waals surface area contributed by atoms with E-state index in [1.807, 2.05) is 0 Å². The topological polar surface area (TPSA) is 98.7 Å². The monoisotopic (exact) mass is 352 g/mol. The fraction of sp³-hybridized carbons (Fsp3) is 0.100. The number of phenolic OH excluding ortho intramolecular Hbond substituents is 1. The van der Waals surface area contributed by atoms with Crippen molar-refractivity contribution in [1.82, 2.24) is 5.32 Å². The number of anilines is 1. The lowest BCUT2D eigenvalue weighted by Crippen LogP contribution is -2.24. The maximum atomic E-state index is 12.4. The zero-order valence-electron chi connectivity index (χ0n) is 14.5. The third kappa shape index (κ3) is 4.51. The lowest BCUT2D eigenvalue weighted by molar-refractivity contribution is 0.0964. The van der Waals surface area contributed by atoms with E-state index in [0.29, 0.717) is 0 Å². The van der Waals surface area contributed by atoms with Crippen LogP contribution in [-0.2, 0) is 0 Å². The van der Waals surface area contributed by atoms with Crippen LogP contribution in [0, 0.1) is 0 Å². The predicted molar refractivity (Wildman–Crippen MR) is 100 cm³/mol. The van der Waals surface area contributed by atoms with E-state index in [1.54, 1.807) is 56.3 Å². The number of hydrogen-bond acceptors (Lipinski definition) is 4. The third-order valence-electron chi connectivity index (χ3n) is 3.63. The van der Waals surface area contributed by atoms with Crippen LogP contribution in [-0.4, -0.2) is 22.0 Å². The lowest BCUT2D eigenvalue weighted by Gasteiger charge is -2.10. The van der Waals surface area contributed by atoms with Gasteiger partial charge in [-0.05, 0) is 50.3 Å². The number of benzene rings is 2. The number of aliphatic hydroxyl groups is 1. The smallest absolute Gasteiger partial charge is 0.255 e. The Kier molecular flexibility index (Phi) is 6.16. The Balaban J connectivity index is 2.18. The number of carbonyl (C=O) groups excluding carboxylic acids is 2. The molecule has 0 saturated carbocycles. The molecule has 0 spiro atoms. The van der Waals surface area contributed by atoms with Gasteiger partial charge in [-0.2, -0.15) is 0 Å². The van der Waals surface area contributed by atoms with Crippen molar-refractivity contribution in [2.24, 2.45) is 0 Å². The van der Waals surface area contributed by atoms with Crippen molar-refractivity contribution < 1.29 is 19.8 Å². The van der Waals surface area contributed by atoms with Crippen LogP contribution in [0.25, 0.3) is 0 Å². The van der Waals surface area contributed by atoms with Crippen molar-refractivity contribution in [3.05, 3.63) is 83.3 Å². The summed E-state index contributed by atoms with van der Waals surface area (Å²) in [5, 5.41) is 24.7. The number of rotatable bonds is 5. The Morgan fingerprint density at radius 2 is 1.58 bits per heavy atom. The molecule has 0 heterocycles. The van der Waals surface area contributed by atoms with Crippen molar-refractivity contribution in [2.45, 2.75) is 13.8 Å². The Labute approximate surface area is 151 Å². The normalized spacial score (nSPS) is 11.8. The summed E-state index contributed by atoms with van der Waals surface area (Å²) in [5.41, 5.74) is 1.08. The maximum absolute atomic E-state index is 12.4. The van der Waals surface area contributed by atoms with E-state index < -0.39 is 11.8 Å². The minimum absolute atomic E-state index is 0.0469. The van der Waals surface area contributed by atoms with Crippen LogP contribution in [0.1, 0.15) is 34.6 Å². The molecule has 2 rings (SSSR count). The van der Waals surface area contributed by atoms with E-state index >= 15 is 0 Å². The second-order valence-electron chi connectivity index (χ2n) is 5.38. The molecular formula is C20H20N2O4. The van der Waals surface area contributed by atoms with Gasteiger partial charge < -0.3 is 20.8 Å². The highest BCUT2D eigenvalue weighted by Gasteiger charge is 2.13. The summed E-state index contributed by atoms with van der Waals surface area (Å²) in [7, 11) is 0. The van der Waals surface area contributed by atoms with Crippen molar-refractivity contribution >= 4 is 17.5 Å². The number of hydrogen-bond donors (Lipinski definition) is 4. The standard InChI is InChI=1S/C20H20N2O4/c1-3-15(17(23)4-2)21-19(25)13-8-7-9-14(12-13)20(26)22-16-10-5-6-11-18(16)24/h3-12,23-24H,1-2H3,(H,21,25)(H,22,26)/b15-3+,17-4+. The van der Waals surface area contributed by atoms with Crippen molar-refractivity contribution in [2.75, 3.05) is 5.32 Å². The van der Waals surface area contributed by atoms with Crippen LogP contribution in [0.15, 0.2) is 72.1 Å². The highest BCUT2D eigenvalue weighted by Crippen LogP contribution is 2.22. The highest BCUT2D eigenvalue weighted by molar-refractivity contribution is 6.06. The second-order valence-corrected chi connectivity index (χ2v) is 5.38. The van der Waals surface area contributed by atoms with Crippen LogP contribution in [0.4, 0.5) is 5.69 Å². The van der Waals surface area contributed by atoms with Gasteiger partial charge in [-0.3, -0.25) is 9.59 Å². The second kappa shape index (κ2) is 8.53. The van der Waals surface area contributed by atoms with Gasteiger partial charge in [-0.1, -0.05) is 24.3 Å². The summed E-state index contributed by atoms with van der Waals surface area (Å²) in [4.78, 5) is 24.7. The minimum atomic E-state index is -0.455. The molecule has 4 N–H and O–H groups in total. The Hall–Kier alpha value is -3.54. The number of nitrogens with one attached hydrogen (secondary N) is 2. The number of allylic oxidation sites excluding steroid dienone is 2. The number of carbonyl (C=O) groups is 2. The minimum Gasteiger partial charge on any atom is -0.506 e. The van der Waals surface area contributed by atoms with E-state index in [1.165, 1.54) is 18.2 Å². The van der Waals surface area contributed by atoms with Crippen molar-refractivity contribution in [3.8, 4) is 5.75 Å². The van der Waals surface area contributed by atoms with Crippen LogP contribution >= 0.6 is 0 Å². The molecule has 6 heteroatoms. The zero-order valence-corrected chi connectivity index (χ0v) is 14.5. The van der Waals surface area contributed by atoms with Crippen LogP contribution in [0.2, 0.25) is 0 Å². The number of amides is 2. The first-order valence-corrected chi connectivity index (χ1v) is 7.99. The lowest BCUT2D eigenvalue weighted by atomic mass is 10.1. The molecular weight excluding hydrogens is 332 g/mol. The van der Waals surface area contributed by atoms with Gasteiger partial charge in [0.1, 0.15) is 11.5 Å². The van der Waals surface area contributed by atoms with Crippen molar-refractivity contribution in [3.63, 3.8) is 0 Å². The molecule has 0 unspecified atom stereocenters. The average Bonchev–Trinajstić information content (AvgIpc) is 2.67. The molecule has 134 valence electrons. The van der Waals surface area contributed by atoms with E-state index in [-0.39, 0.29) is 34.0 Å². The van der Waals surface area contributed by atoms with E-state index in [9.17, 15) is 19.8 Å². The molecule has 2 amide bonds. The van der Waals surface area contributed by atoms with Gasteiger partial charge in [0.25, 0.3) is 11.8 Å². The van der Waals surface area contributed by atoms with Gasteiger partial charge in [0.15, 0.2) is 0 Å². The Morgan fingerprint density at radius 1 is 0.923 bits per heavy atom. The van der Waals surface area contributed by atoms with Gasteiger partial charge in [0, 0.05) is 11.1 Å². The van der Waals surface area contributed by atoms with Gasteiger partial charge in [-0.15, -0.1) is 0 Å². The predicted octanol–water partition coefficient (Wildman–Crippen LogP) is 3.74. The Morgan fingerprint density at radius 3 is 2.19 bits per heavy atom. The summed E-state index contributed by atoms with van der Waals surface area (Å²) in [6.07, 6.45) is 3.04. The SMILES string of the molecule is C/C=C(O)\C(=C/C)NC(=O)c1cccc(C(=O)Nc2ccccc2O)c1. The molecule has 0 aliphatic carbocycles. The number of phenols is 1. The fourth-order valence-electron chi connectivity index (χ4n) is 2.21. The summed E-state index contributed by atoms with van der Waals surface area (Å²) in [5.74, 6) is -1.00. The molecule has 0 aromatic heterocycles. The molecule has 26 heavy (non-hydrogen) atoms. The first-order valence-electron chi connectivity index (χ1n) is 7.99. The number of para-hydroxylation sites is 2. The quantitative estimate of drug-likeness (QED) is 0.374. The van der Waals surface area contributed by atoms with Gasteiger partial charge >= 0.3 is 0 Å². The Bertz CT molecular complexity index is 885. The summed E-state index contributed by atoms with van der Waals surface area (Å²) in [6.45, 7) is 3.33. The van der Waals surface area contributed by atoms with Gasteiger partial charge in [-0.25, -0.2) is 0 Å². The number of aromatic hydroxyl groups is 1. The highest BCUT2D eigenvalue weighted by atomic mass is 16.3. The molecule has 2 aromatic carbocycles. The van der Waals surface area contributed by atoms with E-state index in [0.717, 1.165) is 0 Å². The van der Waals surface area contributed by atoms with Crippen LogP contribution in [0.3, 0.4) is 0 Å². The first-order chi connectivity index (χ1) is 12.5. The molecule has 0 aliphatic rings. The molecule has 0 radical (unpaired) electrons. The van der Waals surface area contributed by atoms with E-state index in [2.05, 4.69) is 10.6 Å². The third-order valence-corrected chi connectivity index (χ3v) is 3.63. The molecule has 0 bridgehead atoms. The molecule has 0 fully saturated rings. The summed E-state index contributed by atoms with van der Waals surface area (Å²) < 4.78 is 0. The summed E-state index contributed by atoms with van der Waals surface area (Å²) >= 11 is 0. The fourth-order valence-corrected chi connectivity index (χ4v) is 2.21. The maximum Gasteiger partial charge on any atom is 0.255 e. The van der Waals surface area contributed by atoms with Crippen LogP contribution < -0.4 is 10.6 Å². The largest absolute Gasteiger partial charge is 0.506 e.